The van der Waals surface area contributed by atoms with E-state index in [1.807, 2.05) is 5.92 Å². The standard InChI is InChI=1S/C12H7F3O4/c1-9(14)11(16)18-7-3-2-5-10(15)12(17)19-8-4-6-13/h5H,1,7-8H2/b10-5-. The fourth-order valence-corrected chi connectivity index (χ4v) is 0.593. The number of esters is 2. The van der Waals surface area contributed by atoms with Crippen LogP contribution in [0.4, 0.5) is 13.2 Å². The van der Waals surface area contributed by atoms with Gasteiger partial charge in [0.05, 0.1) is 0 Å². The Kier molecular flexibility index (Phi) is 8.05. The maximum Gasteiger partial charge on any atom is 0.368 e. The van der Waals surface area contributed by atoms with Crippen molar-refractivity contribution in [1.29, 1.82) is 0 Å². The van der Waals surface area contributed by atoms with E-state index < -0.39 is 36.8 Å². The Labute approximate surface area is 106 Å². The molecule has 0 radical (unpaired) electrons. The molecule has 0 bridgehead atoms. The van der Waals surface area contributed by atoms with Crippen LogP contribution in [-0.4, -0.2) is 25.2 Å². The summed E-state index contributed by atoms with van der Waals surface area (Å²) in [5.74, 6) is 0.590. The highest BCUT2D eigenvalue weighted by Crippen LogP contribution is 1.98. The predicted molar refractivity (Wildman–Crippen MR) is 58.0 cm³/mol. The zero-order valence-electron chi connectivity index (χ0n) is 9.47. The van der Waals surface area contributed by atoms with E-state index in [0.717, 1.165) is 6.17 Å². The van der Waals surface area contributed by atoms with Crippen molar-refractivity contribution in [1.82, 2.24) is 0 Å². The molecule has 19 heavy (non-hydrogen) atoms. The summed E-state index contributed by atoms with van der Waals surface area (Å²) < 4.78 is 44.7. The molecule has 0 aromatic rings. The van der Waals surface area contributed by atoms with Crippen LogP contribution in [0.3, 0.4) is 0 Å². The van der Waals surface area contributed by atoms with Crippen LogP contribution in [0.15, 0.2) is 24.3 Å². The molecule has 0 saturated carbocycles. The van der Waals surface area contributed by atoms with Crippen LogP contribution >= 0.6 is 0 Å². The Morgan fingerprint density at radius 1 is 1.11 bits per heavy atom. The van der Waals surface area contributed by atoms with Crippen LogP contribution < -0.4 is 0 Å². The highest BCUT2D eigenvalue weighted by Gasteiger charge is 2.08. The molecule has 0 heterocycles. The maximum atomic E-state index is 12.9. The fraction of sp³-hybridized carbons (Fsp3) is 0.167. The third-order valence-electron chi connectivity index (χ3n) is 1.34. The average Bonchev–Trinajstić information content (AvgIpc) is 2.37. The third kappa shape index (κ3) is 8.11. The summed E-state index contributed by atoms with van der Waals surface area (Å²) in [6.45, 7) is 1.58. The van der Waals surface area contributed by atoms with E-state index in [0.29, 0.717) is 6.08 Å². The smallest absolute Gasteiger partial charge is 0.368 e. The number of ether oxygens (including phenoxy) is 2. The topological polar surface area (TPSA) is 52.6 Å². The van der Waals surface area contributed by atoms with E-state index in [2.05, 4.69) is 22.0 Å². The molecule has 0 rings (SSSR count). The van der Waals surface area contributed by atoms with Gasteiger partial charge in [-0.3, -0.25) is 0 Å². The Morgan fingerprint density at radius 3 is 2.26 bits per heavy atom. The summed E-state index contributed by atoms with van der Waals surface area (Å²) in [4.78, 5) is 21.3. The summed E-state index contributed by atoms with van der Waals surface area (Å²) in [6, 6.07) is 0. The molecule has 7 heteroatoms. The number of hydrogen-bond donors (Lipinski definition) is 0. The average molecular weight is 272 g/mol. The van der Waals surface area contributed by atoms with Gasteiger partial charge in [0.1, 0.15) is 6.17 Å². The highest BCUT2D eigenvalue weighted by atomic mass is 19.1. The molecular weight excluding hydrogens is 265 g/mol. The first-order valence-corrected chi connectivity index (χ1v) is 4.60. The second-order valence-corrected chi connectivity index (χ2v) is 2.64. The van der Waals surface area contributed by atoms with Crippen molar-refractivity contribution in [3.63, 3.8) is 0 Å². The van der Waals surface area contributed by atoms with Crippen LogP contribution in [0.1, 0.15) is 0 Å². The van der Waals surface area contributed by atoms with Gasteiger partial charge in [0.25, 0.3) is 0 Å². The van der Waals surface area contributed by atoms with E-state index in [9.17, 15) is 22.8 Å². The van der Waals surface area contributed by atoms with Gasteiger partial charge in [-0.05, 0) is 5.92 Å². The molecule has 0 aromatic carbocycles. The lowest BCUT2D eigenvalue weighted by Crippen LogP contribution is -2.05. The lowest BCUT2D eigenvalue weighted by molar-refractivity contribution is -0.140. The Balaban J connectivity index is 4.16. The van der Waals surface area contributed by atoms with Gasteiger partial charge in [-0.15, -0.1) is 4.39 Å². The van der Waals surface area contributed by atoms with Crippen molar-refractivity contribution in [2.45, 2.75) is 0 Å². The Hall–Kier alpha value is -2.67. The molecule has 0 atom stereocenters. The molecule has 4 nitrogen and oxygen atoms in total. The van der Waals surface area contributed by atoms with E-state index >= 15 is 0 Å². The molecule has 0 amide bonds. The fourth-order valence-electron chi connectivity index (χ4n) is 0.593. The summed E-state index contributed by atoms with van der Waals surface area (Å²) in [5.41, 5.74) is 0. The van der Waals surface area contributed by atoms with Crippen LogP contribution in [0.25, 0.3) is 0 Å². The van der Waals surface area contributed by atoms with Gasteiger partial charge in [0, 0.05) is 6.08 Å². The summed E-state index contributed by atoms with van der Waals surface area (Å²) in [5, 5.41) is 0. The van der Waals surface area contributed by atoms with E-state index in [4.69, 9.17) is 0 Å². The number of carbonyl (C=O) groups is 2. The van der Waals surface area contributed by atoms with Crippen LogP contribution in [0.5, 0.6) is 0 Å². The zero-order valence-corrected chi connectivity index (χ0v) is 9.47. The minimum Gasteiger partial charge on any atom is -0.447 e. The number of rotatable bonds is 4. The van der Waals surface area contributed by atoms with Gasteiger partial charge in [-0.25, -0.2) is 9.59 Å². The molecule has 0 unspecified atom stereocenters. The van der Waals surface area contributed by atoms with Crippen molar-refractivity contribution in [2.75, 3.05) is 13.2 Å². The number of hydrogen-bond acceptors (Lipinski definition) is 4. The maximum absolute atomic E-state index is 12.9. The molecule has 0 aliphatic rings. The summed E-state index contributed by atoms with van der Waals surface area (Å²) in [6.07, 6.45) is 1.50. The minimum absolute atomic E-state index is 0.506. The second kappa shape index (κ2) is 9.37. The van der Waals surface area contributed by atoms with Gasteiger partial charge in [0.2, 0.25) is 11.7 Å². The molecule has 0 fully saturated rings. The lowest BCUT2D eigenvalue weighted by Gasteiger charge is -1.95. The molecule has 100 valence electrons. The zero-order chi connectivity index (χ0) is 14.7. The molecule has 0 aromatic heterocycles. The SMILES string of the molecule is C=C(F)C(=O)OCC#C/C=C(\F)C(=O)OCC#CF. The first-order chi connectivity index (χ1) is 8.99. The van der Waals surface area contributed by atoms with E-state index in [1.165, 1.54) is 0 Å². The molecule has 0 saturated heterocycles. The summed E-state index contributed by atoms with van der Waals surface area (Å²) in [7, 11) is 0. The van der Waals surface area contributed by atoms with E-state index in [-0.39, 0.29) is 0 Å². The first kappa shape index (κ1) is 16.3. The number of allylic oxidation sites excluding steroid dienone is 1. The van der Waals surface area contributed by atoms with Gasteiger partial charge >= 0.3 is 11.9 Å². The predicted octanol–water partition coefficient (Wildman–Crippen LogP) is 1.34. The van der Waals surface area contributed by atoms with Gasteiger partial charge in [-0.2, -0.15) is 8.78 Å². The van der Waals surface area contributed by atoms with Gasteiger partial charge < -0.3 is 9.47 Å². The largest absolute Gasteiger partial charge is 0.447 e. The number of halogens is 3. The van der Waals surface area contributed by atoms with Crippen LogP contribution in [0.2, 0.25) is 0 Å². The van der Waals surface area contributed by atoms with Crippen molar-refractivity contribution in [3.05, 3.63) is 24.3 Å². The van der Waals surface area contributed by atoms with Gasteiger partial charge in [-0.1, -0.05) is 18.4 Å². The first-order valence-electron chi connectivity index (χ1n) is 4.60. The monoisotopic (exact) mass is 272 g/mol. The van der Waals surface area contributed by atoms with Crippen molar-refractivity contribution >= 4 is 11.9 Å². The van der Waals surface area contributed by atoms with Crippen LogP contribution in [-0.2, 0) is 19.1 Å². The number of carbonyl (C=O) groups excluding carboxylic acids is 2. The molecule has 0 aliphatic carbocycles. The Morgan fingerprint density at radius 2 is 1.68 bits per heavy atom. The third-order valence-corrected chi connectivity index (χ3v) is 1.34. The second-order valence-electron chi connectivity index (χ2n) is 2.64. The lowest BCUT2D eigenvalue weighted by atomic mass is 10.4. The highest BCUT2D eigenvalue weighted by molar-refractivity contribution is 5.86. The molecular formula is C12H7F3O4. The van der Waals surface area contributed by atoms with Gasteiger partial charge in [0.15, 0.2) is 13.2 Å². The Bertz CT molecular complexity index is 515. The van der Waals surface area contributed by atoms with Crippen molar-refractivity contribution in [2.24, 2.45) is 0 Å². The normalized spacial score (nSPS) is 9.32. The van der Waals surface area contributed by atoms with E-state index in [1.54, 1.807) is 5.92 Å². The van der Waals surface area contributed by atoms with Crippen molar-refractivity contribution in [3.8, 4) is 23.9 Å². The summed E-state index contributed by atoms with van der Waals surface area (Å²) >= 11 is 0. The van der Waals surface area contributed by atoms with Crippen molar-refractivity contribution < 1.29 is 32.2 Å². The molecule has 0 N–H and O–H groups in total. The van der Waals surface area contributed by atoms with Crippen LogP contribution in [0, 0.1) is 23.9 Å². The molecule has 0 spiro atoms. The molecule has 0 aliphatic heterocycles. The quantitative estimate of drug-likeness (QED) is 0.440. The minimum atomic E-state index is -1.37.